The Labute approximate surface area is 121 Å². The van der Waals surface area contributed by atoms with Gasteiger partial charge in [-0.25, -0.2) is 13.1 Å². The number of nitrogens with one attached hydrogen (secondary N) is 1. The molecule has 0 aromatic carbocycles. The maximum absolute atomic E-state index is 11.8. The lowest BCUT2D eigenvalue weighted by molar-refractivity contribution is 0.543. The van der Waals surface area contributed by atoms with E-state index in [1.165, 1.54) is 0 Å². The Bertz CT molecular complexity index is 690. The van der Waals surface area contributed by atoms with Gasteiger partial charge in [-0.15, -0.1) is 10.2 Å². The lowest BCUT2D eigenvalue weighted by Crippen LogP contribution is -2.25. The molecule has 0 aliphatic heterocycles. The van der Waals surface area contributed by atoms with Crippen molar-refractivity contribution in [3.05, 3.63) is 17.5 Å². The van der Waals surface area contributed by atoms with Crippen LogP contribution in [-0.4, -0.2) is 34.9 Å². The van der Waals surface area contributed by atoms with Crippen molar-refractivity contribution in [3.63, 3.8) is 0 Å². The van der Waals surface area contributed by atoms with E-state index < -0.39 is 10.0 Å². The molecule has 2 aromatic heterocycles. The van der Waals surface area contributed by atoms with Gasteiger partial charge in [0.25, 0.3) is 10.0 Å². The number of aromatic nitrogens is 4. The molecule has 10 heteroatoms. The average molecular weight is 316 g/mol. The van der Waals surface area contributed by atoms with Crippen LogP contribution in [0.5, 0.6) is 0 Å². The fourth-order valence-electron chi connectivity index (χ4n) is 1.73. The molecule has 0 fully saturated rings. The predicted molar refractivity (Wildman–Crippen MR) is 75.8 cm³/mol. The minimum atomic E-state index is -3.61. The van der Waals surface area contributed by atoms with E-state index in [9.17, 15) is 8.42 Å². The summed E-state index contributed by atoms with van der Waals surface area (Å²) < 4.78 is 27.9. The third-order valence-electron chi connectivity index (χ3n) is 2.59. The molecule has 3 N–H and O–H groups in total. The number of rotatable bonds is 6. The van der Waals surface area contributed by atoms with Crippen LogP contribution in [0.3, 0.4) is 0 Å². The van der Waals surface area contributed by atoms with Gasteiger partial charge in [0.15, 0.2) is 0 Å². The van der Waals surface area contributed by atoms with E-state index in [2.05, 4.69) is 20.0 Å². The number of nitrogens with two attached hydrogens (primary N) is 1. The summed E-state index contributed by atoms with van der Waals surface area (Å²) in [5.41, 5.74) is 7.38. The molecule has 0 amide bonds. The summed E-state index contributed by atoms with van der Waals surface area (Å²) in [5, 5.41) is 11.4. The van der Waals surface area contributed by atoms with E-state index in [1.807, 2.05) is 24.6 Å². The van der Waals surface area contributed by atoms with E-state index in [0.717, 1.165) is 22.7 Å². The highest BCUT2D eigenvalue weighted by Gasteiger charge is 2.18. The smallest absolute Gasteiger partial charge is 0.269 e. The van der Waals surface area contributed by atoms with Crippen molar-refractivity contribution < 1.29 is 8.42 Å². The highest BCUT2D eigenvalue weighted by Crippen LogP contribution is 2.16. The Kier molecular flexibility index (Phi) is 4.35. The zero-order chi connectivity index (χ0) is 14.8. The normalized spacial score (nSPS) is 11.9. The molecular formula is C10H16N6O2S2. The average Bonchev–Trinajstić information content (AvgIpc) is 2.92. The molecule has 0 bridgehead atoms. The van der Waals surface area contributed by atoms with Crippen molar-refractivity contribution in [1.82, 2.24) is 24.7 Å². The summed E-state index contributed by atoms with van der Waals surface area (Å²) in [5.74, 6) is 0. The molecule has 2 rings (SSSR count). The van der Waals surface area contributed by atoms with E-state index in [1.54, 1.807) is 0 Å². The number of anilines is 1. The number of hydrogen-bond donors (Lipinski definition) is 2. The van der Waals surface area contributed by atoms with Crippen molar-refractivity contribution in [2.75, 3.05) is 12.3 Å². The van der Waals surface area contributed by atoms with Gasteiger partial charge < -0.3 is 5.73 Å². The highest BCUT2D eigenvalue weighted by molar-refractivity contribution is 7.91. The van der Waals surface area contributed by atoms with Gasteiger partial charge in [-0.2, -0.15) is 5.10 Å². The fourth-order valence-corrected chi connectivity index (χ4v) is 3.63. The maximum atomic E-state index is 11.8. The van der Waals surface area contributed by atoms with E-state index >= 15 is 0 Å². The van der Waals surface area contributed by atoms with Crippen molar-refractivity contribution in [2.24, 2.45) is 0 Å². The number of aryl methyl sites for hydroxylation is 3. The molecule has 0 saturated carbocycles. The van der Waals surface area contributed by atoms with Crippen LogP contribution in [0.25, 0.3) is 0 Å². The molecule has 0 spiro atoms. The lowest BCUT2D eigenvalue weighted by Gasteiger charge is -2.05. The van der Waals surface area contributed by atoms with Gasteiger partial charge in [0.1, 0.15) is 0 Å². The minimum Gasteiger partial charge on any atom is -0.374 e. The molecule has 0 atom stereocenters. The van der Waals surface area contributed by atoms with Crippen LogP contribution < -0.4 is 10.5 Å². The van der Waals surface area contributed by atoms with Gasteiger partial charge in [0.05, 0.1) is 5.69 Å². The van der Waals surface area contributed by atoms with Crippen LogP contribution in [0.4, 0.5) is 5.13 Å². The summed E-state index contributed by atoms with van der Waals surface area (Å²) in [7, 11) is -3.61. The zero-order valence-electron chi connectivity index (χ0n) is 11.2. The van der Waals surface area contributed by atoms with Crippen molar-refractivity contribution in [1.29, 1.82) is 0 Å². The van der Waals surface area contributed by atoms with Crippen molar-refractivity contribution in [2.45, 2.75) is 31.2 Å². The Hall–Kier alpha value is -1.52. The third-order valence-corrected chi connectivity index (χ3v) is 5.18. The summed E-state index contributed by atoms with van der Waals surface area (Å²) in [4.78, 5) is 0. The van der Waals surface area contributed by atoms with Gasteiger partial charge in [-0.1, -0.05) is 11.3 Å². The molecular weight excluding hydrogens is 300 g/mol. The molecule has 0 aliphatic carbocycles. The largest absolute Gasteiger partial charge is 0.374 e. The highest BCUT2D eigenvalue weighted by atomic mass is 32.2. The molecule has 20 heavy (non-hydrogen) atoms. The Morgan fingerprint density at radius 2 is 2.15 bits per heavy atom. The van der Waals surface area contributed by atoms with Crippen molar-refractivity contribution >= 4 is 26.5 Å². The first-order chi connectivity index (χ1) is 9.38. The molecule has 2 aromatic rings. The third kappa shape index (κ3) is 3.52. The molecule has 0 radical (unpaired) electrons. The molecule has 0 aliphatic rings. The first kappa shape index (κ1) is 14.9. The molecule has 2 heterocycles. The number of nitrogens with zero attached hydrogens (tertiary/aromatic N) is 4. The molecule has 0 unspecified atom stereocenters. The summed E-state index contributed by atoms with van der Waals surface area (Å²) >= 11 is 0.842. The summed E-state index contributed by atoms with van der Waals surface area (Å²) in [6.07, 6.45) is 0.634. The maximum Gasteiger partial charge on any atom is 0.269 e. The first-order valence-corrected chi connectivity index (χ1v) is 8.28. The van der Waals surface area contributed by atoms with Gasteiger partial charge in [-0.05, 0) is 26.3 Å². The summed E-state index contributed by atoms with van der Waals surface area (Å²) in [6.45, 7) is 4.85. The summed E-state index contributed by atoms with van der Waals surface area (Å²) in [6, 6.07) is 1.98. The zero-order valence-corrected chi connectivity index (χ0v) is 12.8. The van der Waals surface area contributed by atoms with Crippen LogP contribution in [-0.2, 0) is 16.6 Å². The van der Waals surface area contributed by atoms with Crippen LogP contribution in [0.1, 0.15) is 17.8 Å². The van der Waals surface area contributed by atoms with Gasteiger partial charge in [-0.3, -0.25) is 4.68 Å². The number of hydrogen-bond acceptors (Lipinski definition) is 7. The predicted octanol–water partition coefficient (Wildman–Crippen LogP) is 0.302. The second-order valence-electron chi connectivity index (χ2n) is 4.31. The van der Waals surface area contributed by atoms with Crippen molar-refractivity contribution in [3.8, 4) is 0 Å². The first-order valence-electron chi connectivity index (χ1n) is 5.98. The molecule has 0 saturated heterocycles. The fraction of sp³-hybridized carbons (Fsp3) is 0.500. The Morgan fingerprint density at radius 1 is 1.40 bits per heavy atom. The second kappa shape index (κ2) is 5.85. The van der Waals surface area contributed by atoms with Gasteiger partial charge in [0, 0.05) is 18.8 Å². The van der Waals surface area contributed by atoms with Gasteiger partial charge >= 0.3 is 0 Å². The second-order valence-corrected chi connectivity index (χ2v) is 7.26. The topological polar surface area (TPSA) is 116 Å². The van der Waals surface area contributed by atoms with Crippen LogP contribution in [0.2, 0.25) is 0 Å². The molecule has 110 valence electrons. The van der Waals surface area contributed by atoms with Crippen LogP contribution >= 0.6 is 11.3 Å². The van der Waals surface area contributed by atoms with E-state index in [-0.39, 0.29) is 9.47 Å². The van der Waals surface area contributed by atoms with E-state index in [0.29, 0.717) is 19.5 Å². The Morgan fingerprint density at radius 3 is 2.70 bits per heavy atom. The van der Waals surface area contributed by atoms with Crippen LogP contribution in [0, 0.1) is 13.8 Å². The Balaban J connectivity index is 1.85. The number of sulfonamides is 1. The van der Waals surface area contributed by atoms with Gasteiger partial charge in [0.2, 0.25) is 9.47 Å². The standard InChI is InChI=1S/C10H16N6O2S2/c1-7-6-8(2)16(15-7)5-3-4-12-20(17,18)10-14-13-9(11)19-10/h6,12H,3-5H2,1-2H3,(H2,11,13). The minimum absolute atomic E-state index is 0.110. The lowest BCUT2D eigenvalue weighted by atomic mass is 10.4. The van der Waals surface area contributed by atoms with E-state index in [4.69, 9.17) is 5.73 Å². The number of nitrogen functional groups attached to an aromatic ring is 1. The quantitative estimate of drug-likeness (QED) is 0.741. The monoisotopic (exact) mass is 316 g/mol. The van der Waals surface area contributed by atoms with Crippen LogP contribution in [0.15, 0.2) is 10.4 Å². The SMILES string of the molecule is Cc1cc(C)n(CCCNS(=O)(=O)c2nnc(N)s2)n1. The molecule has 8 nitrogen and oxygen atoms in total.